The van der Waals surface area contributed by atoms with Crippen LogP contribution in [0.15, 0.2) is 39.8 Å². The highest BCUT2D eigenvalue weighted by atomic mass is 16.5. The van der Waals surface area contributed by atoms with Crippen molar-refractivity contribution in [1.29, 1.82) is 0 Å². The average Bonchev–Trinajstić information content (AvgIpc) is 3.43. The highest BCUT2D eigenvalue weighted by Gasteiger charge is 2.25. The van der Waals surface area contributed by atoms with Gasteiger partial charge in [0.05, 0.1) is 18.5 Å². The van der Waals surface area contributed by atoms with Crippen LogP contribution in [0.3, 0.4) is 0 Å². The summed E-state index contributed by atoms with van der Waals surface area (Å²) in [6, 6.07) is 10.5. The van der Waals surface area contributed by atoms with Gasteiger partial charge >= 0.3 is 0 Å². The number of aliphatic imine (C=N–C) groups is 1. The molecule has 164 valence electrons. The zero-order valence-electron chi connectivity index (χ0n) is 18.6. The van der Waals surface area contributed by atoms with Gasteiger partial charge in [0.1, 0.15) is 12.3 Å². The fraction of sp³-hybridized carbons (Fsp3) is 0.565. The Morgan fingerprint density at radius 2 is 2.10 bits per heavy atom. The number of aromatic nitrogens is 1. The Bertz CT molecular complexity index is 815. The Hall–Kier alpha value is -2.70. The quantitative estimate of drug-likeness (QED) is 0.479. The lowest BCUT2D eigenvalue weighted by molar-refractivity contribution is 0.372. The van der Waals surface area contributed by atoms with Crippen LogP contribution in [0.25, 0.3) is 0 Å². The van der Waals surface area contributed by atoms with E-state index in [1.165, 1.54) is 0 Å². The molecule has 2 heterocycles. The van der Waals surface area contributed by atoms with E-state index in [4.69, 9.17) is 14.3 Å². The highest BCUT2D eigenvalue weighted by Crippen LogP contribution is 2.30. The zero-order valence-corrected chi connectivity index (χ0v) is 18.6. The maximum absolute atomic E-state index is 5.52. The highest BCUT2D eigenvalue weighted by molar-refractivity contribution is 5.80. The molecule has 30 heavy (non-hydrogen) atoms. The molecule has 1 saturated heterocycles. The number of para-hydroxylation sites is 2. The normalized spacial score (nSPS) is 16.9. The van der Waals surface area contributed by atoms with Crippen molar-refractivity contribution >= 4 is 11.6 Å². The van der Waals surface area contributed by atoms with Crippen molar-refractivity contribution in [3.63, 3.8) is 0 Å². The van der Waals surface area contributed by atoms with Crippen LogP contribution in [0.2, 0.25) is 0 Å². The summed E-state index contributed by atoms with van der Waals surface area (Å²) in [5.41, 5.74) is 2.17. The van der Waals surface area contributed by atoms with Crippen LogP contribution in [0.5, 0.6) is 5.75 Å². The van der Waals surface area contributed by atoms with Crippen LogP contribution in [-0.4, -0.2) is 43.9 Å². The summed E-state index contributed by atoms with van der Waals surface area (Å²) < 4.78 is 11.0. The maximum atomic E-state index is 5.52. The summed E-state index contributed by atoms with van der Waals surface area (Å²) in [5, 5.41) is 11.2. The third kappa shape index (κ3) is 5.46. The number of hydrogen-bond acceptors (Lipinski definition) is 5. The summed E-state index contributed by atoms with van der Waals surface area (Å²) in [5.74, 6) is 2.98. The first-order chi connectivity index (χ1) is 14.7. The molecule has 3 rings (SSSR count). The van der Waals surface area contributed by atoms with Gasteiger partial charge in [0.2, 0.25) is 0 Å². The molecule has 0 saturated carbocycles. The molecule has 2 N–H and O–H groups in total. The maximum Gasteiger partial charge on any atom is 0.191 e. The van der Waals surface area contributed by atoms with Crippen molar-refractivity contribution in [3.8, 4) is 5.75 Å². The molecule has 1 aromatic carbocycles. The van der Waals surface area contributed by atoms with E-state index in [0.29, 0.717) is 18.5 Å². The number of hydrogen-bond donors (Lipinski definition) is 2. The summed E-state index contributed by atoms with van der Waals surface area (Å²) in [4.78, 5) is 7.08. The lowest BCUT2D eigenvalue weighted by atomic mass is 9.99. The topological polar surface area (TPSA) is 74.9 Å². The molecular formula is C23H35N5O2. The van der Waals surface area contributed by atoms with Crippen molar-refractivity contribution in [3.05, 3.63) is 41.8 Å². The number of ether oxygens (including phenoxy) is 1. The number of rotatable bonds is 9. The van der Waals surface area contributed by atoms with E-state index in [1.807, 2.05) is 18.2 Å². The molecular weight excluding hydrogens is 378 g/mol. The lowest BCUT2D eigenvalue weighted by Gasteiger charge is -2.22. The van der Waals surface area contributed by atoms with E-state index in [1.54, 1.807) is 7.11 Å². The van der Waals surface area contributed by atoms with E-state index in [-0.39, 0.29) is 0 Å². The number of nitrogens with one attached hydrogen (secondary N) is 2. The number of nitrogens with zero attached hydrogens (tertiary/aromatic N) is 3. The van der Waals surface area contributed by atoms with Crippen LogP contribution in [0, 0.1) is 0 Å². The Kier molecular flexibility index (Phi) is 7.99. The van der Waals surface area contributed by atoms with Gasteiger partial charge in [0.15, 0.2) is 11.7 Å². The smallest absolute Gasteiger partial charge is 0.191 e. The second kappa shape index (κ2) is 10.9. The van der Waals surface area contributed by atoms with Crippen LogP contribution < -0.4 is 20.3 Å². The third-order valence-electron chi connectivity index (χ3n) is 5.67. The Morgan fingerprint density at radius 1 is 1.30 bits per heavy atom. The molecule has 1 aliphatic heterocycles. The van der Waals surface area contributed by atoms with Gasteiger partial charge in [-0.15, -0.1) is 0 Å². The number of benzene rings is 1. The minimum absolute atomic E-state index is 0.322. The van der Waals surface area contributed by atoms with Gasteiger partial charge in [0.25, 0.3) is 0 Å². The molecule has 0 amide bonds. The second-order valence-electron chi connectivity index (χ2n) is 7.67. The van der Waals surface area contributed by atoms with Gasteiger partial charge in [0, 0.05) is 37.7 Å². The van der Waals surface area contributed by atoms with Crippen LogP contribution in [-0.2, 0) is 6.54 Å². The molecule has 1 aromatic heterocycles. The fourth-order valence-electron chi connectivity index (χ4n) is 3.96. The lowest BCUT2D eigenvalue weighted by Crippen LogP contribution is -2.44. The molecule has 0 aliphatic carbocycles. The molecule has 2 aromatic rings. The van der Waals surface area contributed by atoms with Gasteiger partial charge in [-0.1, -0.05) is 31.1 Å². The molecule has 1 unspecified atom stereocenters. The summed E-state index contributed by atoms with van der Waals surface area (Å²) >= 11 is 0. The molecule has 0 radical (unpaired) electrons. The van der Waals surface area contributed by atoms with Crippen molar-refractivity contribution in [2.24, 2.45) is 4.99 Å². The van der Waals surface area contributed by atoms with E-state index < -0.39 is 0 Å². The largest absolute Gasteiger partial charge is 0.495 e. The molecule has 1 fully saturated rings. The third-order valence-corrected chi connectivity index (χ3v) is 5.67. The summed E-state index contributed by atoms with van der Waals surface area (Å²) in [6.07, 6.45) is 3.18. The van der Waals surface area contributed by atoms with Gasteiger partial charge in [-0.25, -0.2) is 4.99 Å². The molecule has 1 aliphatic rings. The zero-order chi connectivity index (χ0) is 21.3. The SMILES string of the molecule is CCNC(=NCc1cc(C(CC)CC)no1)NC1CCN(c2ccccc2OC)C1. The molecule has 0 bridgehead atoms. The predicted molar refractivity (Wildman–Crippen MR) is 121 cm³/mol. The standard InChI is InChI=1S/C23H35N5O2/c1-5-17(6-2)20-14-19(30-27-20)15-25-23(24-7-3)26-18-12-13-28(16-18)21-10-8-9-11-22(21)29-4/h8-11,14,17-18H,5-7,12-13,15-16H2,1-4H3,(H2,24,25,26). The van der Waals surface area contributed by atoms with E-state index in [9.17, 15) is 0 Å². The molecule has 7 nitrogen and oxygen atoms in total. The van der Waals surface area contributed by atoms with E-state index in [0.717, 1.165) is 67.7 Å². The van der Waals surface area contributed by atoms with Crippen LogP contribution in [0.1, 0.15) is 57.4 Å². The number of methoxy groups -OCH3 is 1. The van der Waals surface area contributed by atoms with Gasteiger partial charge < -0.3 is 24.8 Å². The Labute approximate surface area is 179 Å². The monoisotopic (exact) mass is 413 g/mol. The van der Waals surface area contributed by atoms with Gasteiger partial charge in [-0.2, -0.15) is 0 Å². The second-order valence-corrected chi connectivity index (χ2v) is 7.67. The van der Waals surface area contributed by atoms with Crippen molar-refractivity contribution in [2.45, 2.75) is 58.5 Å². The summed E-state index contributed by atoms with van der Waals surface area (Å²) in [6.45, 7) is 9.63. The number of anilines is 1. The van der Waals surface area contributed by atoms with Crippen molar-refractivity contribution in [1.82, 2.24) is 15.8 Å². The minimum Gasteiger partial charge on any atom is -0.495 e. The first kappa shape index (κ1) is 22.0. The van der Waals surface area contributed by atoms with Crippen molar-refractivity contribution < 1.29 is 9.26 Å². The predicted octanol–water partition coefficient (Wildman–Crippen LogP) is 3.92. The Morgan fingerprint density at radius 3 is 2.83 bits per heavy atom. The molecule has 0 spiro atoms. The summed E-state index contributed by atoms with van der Waals surface area (Å²) in [7, 11) is 1.72. The van der Waals surface area contributed by atoms with Crippen LogP contribution >= 0.6 is 0 Å². The van der Waals surface area contributed by atoms with E-state index in [2.05, 4.69) is 53.6 Å². The van der Waals surface area contributed by atoms with Gasteiger partial charge in [-0.3, -0.25) is 0 Å². The average molecular weight is 414 g/mol. The number of guanidine groups is 1. The first-order valence-electron chi connectivity index (χ1n) is 11.1. The van der Waals surface area contributed by atoms with E-state index >= 15 is 0 Å². The van der Waals surface area contributed by atoms with Crippen molar-refractivity contribution in [2.75, 3.05) is 31.6 Å². The molecule has 7 heteroatoms. The van der Waals surface area contributed by atoms with Gasteiger partial charge in [-0.05, 0) is 38.3 Å². The van der Waals surface area contributed by atoms with Crippen LogP contribution in [0.4, 0.5) is 5.69 Å². The fourth-order valence-corrected chi connectivity index (χ4v) is 3.96. The Balaban J connectivity index is 1.60. The first-order valence-corrected chi connectivity index (χ1v) is 11.1. The molecule has 1 atom stereocenters. The minimum atomic E-state index is 0.322.